The first-order valence-electron chi connectivity index (χ1n) is 4.24. The average Bonchev–Trinajstić information content (AvgIpc) is 2.57. The number of nitrogens with zero attached hydrogens (tertiary/aromatic N) is 2. The van der Waals surface area contributed by atoms with Gasteiger partial charge in [-0.15, -0.1) is 0 Å². The van der Waals surface area contributed by atoms with Gasteiger partial charge in [-0.3, -0.25) is 0 Å². The minimum absolute atomic E-state index is 0.265. The SMILES string of the molecule is Cc1noc(-c2cccc(F)c2C)n1. The van der Waals surface area contributed by atoms with Crippen LogP contribution in [0, 0.1) is 19.7 Å². The van der Waals surface area contributed by atoms with Gasteiger partial charge in [-0.2, -0.15) is 4.98 Å². The molecule has 2 rings (SSSR count). The summed E-state index contributed by atoms with van der Waals surface area (Å²) in [4.78, 5) is 4.04. The van der Waals surface area contributed by atoms with Crippen LogP contribution in [0.3, 0.4) is 0 Å². The molecular weight excluding hydrogens is 183 g/mol. The van der Waals surface area contributed by atoms with E-state index < -0.39 is 0 Å². The zero-order valence-electron chi connectivity index (χ0n) is 7.91. The predicted molar refractivity (Wildman–Crippen MR) is 49.2 cm³/mol. The largest absolute Gasteiger partial charge is 0.334 e. The standard InChI is InChI=1S/C10H9FN2O/c1-6-8(4-3-5-9(6)11)10-12-7(2)13-14-10/h3-5H,1-2H3. The summed E-state index contributed by atoms with van der Waals surface area (Å²) in [6, 6.07) is 4.78. The summed E-state index contributed by atoms with van der Waals surface area (Å²) >= 11 is 0. The van der Waals surface area contributed by atoms with Crippen LogP contribution in [-0.4, -0.2) is 10.1 Å². The number of benzene rings is 1. The Labute approximate surface area is 80.6 Å². The third-order valence-corrected chi connectivity index (χ3v) is 2.03. The maximum Gasteiger partial charge on any atom is 0.258 e. The highest BCUT2D eigenvalue weighted by atomic mass is 19.1. The molecule has 14 heavy (non-hydrogen) atoms. The van der Waals surface area contributed by atoms with Gasteiger partial charge in [0.2, 0.25) is 0 Å². The van der Waals surface area contributed by atoms with Crippen LogP contribution in [0.5, 0.6) is 0 Å². The van der Waals surface area contributed by atoms with Crippen molar-refractivity contribution >= 4 is 0 Å². The predicted octanol–water partition coefficient (Wildman–Crippen LogP) is 2.49. The lowest BCUT2D eigenvalue weighted by Crippen LogP contribution is -1.87. The average molecular weight is 192 g/mol. The molecule has 0 aliphatic carbocycles. The molecule has 0 bridgehead atoms. The van der Waals surface area contributed by atoms with Crippen molar-refractivity contribution in [3.05, 3.63) is 35.4 Å². The Hall–Kier alpha value is -1.71. The number of aryl methyl sites for hydroxylation is 1. The lowest BCUT2D eigenvalue weighted by Gasteiger charge is -2.00. The van der Waals surface area contributed by atoms with Gasteiger partial charge >= 0.3 is 0 Å². The number of rotatable bonds is 1. The summed E-state index contributed by atoms with van der Waals surface area (Å²) in [6.07, 6.45) is 0. The van der Waals surface area contributed by atoms with Crippen LogP contribution in [0.1, 0.15) is 11.4 Å². The van der Waals surface area contributed by atoms with Crippen molar-refractivity contribution in [1.82, 2.24) is 10.1 Å². The number of aromatic nitrogens is 2. The van der Waals surface area contributed by atoms with Crippen LogP contribution >= 0.6 is 0 Å². The fourth-order valence-corrected chi connectivity index (χ4v) is 1.25. The fourth-order valence-electron chi connectivity index (χ4n) is 1.25. The zero-order chi connectivity index (χ0) is 10.1. The molecule has 0 radical (unpaired) electrons. The molecule has 0 spiro atoms. The third kappa shape index (κ3) is 1.39. The Morgan fingerprint density at radius 1 is 1.29 bits per heavy atom. The van der Waals surface area contributed by atoms with Gasteiger partial charge in [-0.25, -0.2) is 4.39 Å². The maximum absolute atomic E-state index is 13.2. The smallest absolute Gasteiger partial charge is 0.258 e. The highest BCUT2D eigenvalue weighted by Crippen LogP contribution is 2.22. The highest BCUT2D eigenvalue weighted by molar-refractivity contribution is 5.58. The Morgan fingerprint density at radius 3 is 2.71 bits per heavy atom. The quantitative estimate of drug-likeness (QED) is 0.696. The maximum atomic E-state index is 13.2. The molecule has 1 aromatic carbocycles. The summed E-state index contributed by atoms with van der Waals surface area (Å²) in [5.41, 5.74) is 1.17. The van der Waals surface area contributed by atoms with Gasteiger partial charge < -0.3 is 4.52 Å². The molecule has 0 aliphatic heterocycles. The van der Waals surface area contributed by atoms with Crippen LogP contribution in [0.25, 0.3) is 11.5 Å². The summed E-state index contributed by atoms with van der Waals surface area (Å²) in [7, 11) is 0. The Morgan fingerprint density at radius 2 is 2.07 bits per heavy atom. The van der Waals surface area contributed by atoms with Crippen molar-refractivity contribution in [2.75, 3.05) is 0 Å². The van der Waals surface area contributed by atoms with E-state index in [1.165, 1.54) is 6.07 Å². The molecule has 1 heterocycles. The van der Waals surface area contributed by atoms with Crippen molar-refractivity contribution in [2.45, 2.75) is 13.8 Å². The van der Waals surface area contributed by atoms with Crippen LogP contribution in [-0.2, 0) is 0 Å². The Bertz CT molecular complexity index is 465. The lowest BCUT2D eigenvalue weighted by molar-refractivity contribution is 0.425. The number of hydrogen-bond donors (Lipinski definition) is 0. The van der Waals surface area contributed by atoms with Crippen molar-refractivity contribution in [2.24, 2.45) is 0 Å². The summed E-state index contributed by atoms with van der Waals surface area (Å²) < 4.78 is 18.1. The van der Waals surface area contributed by atoms with E-state index in [1.54, 1.807) is 26.0 Å². The van der Waals surface area contributed by atoms with E-state index in [0.29, 0.717) is 22.8 Å². The van der Waals surface area contributed by atoms with Crippen LogP contribution in [0.15, 0.2) is 22.7 Å². The van der Waals surface area contributed by atoms with Crippen molar-refractivity contribution in [3.8, 4) is 11.5 Å². The number of hydrogen-bond acceptors (Lipinski definition) is 3. The van der Waals surface area contributed by atoms with Gasteiger partial charge in [0.25, 0.3) is 5.89 Å². The molecule has 3 nitrogen and oxygen atoms in total. The van der Waals surface area contributed by atoms with Gasteiger partial charge in [0.15, 0.2) is 5.82 Å². The molecular formula is C10H9FN2O. The highest BCUT2D eigenvalue weighted by Gasteiger charge is 2.11. The van der Waals surface area contributed by atoms with Gasteiger partial charge in [0.1, 0.15) is 5.82 Å². The Balaban J connectivity index is 2.57. The van der Waals surface area contributed by atoms with E-state index in [1.807, 2.05) is 0 Å². The zero-order valence-corrected chi connectivity index (χ0v) is 7.91. The van der Waals surface area contributed by atoms with E-state index in [9.17, 15) is 4.39 Å². The van der Waals surface area contributed by atoms with Crippen molar-refractivity contribution in [3.63, 3.8) is 0 Å². The molecule has 0 aliphatic rings. The molecule has 0 saturated carbocycles. The second-order valence-electron chi connectivity index (χ2n) is 3.06. The van der Waals surface area contributed by atoms with E-state index in [4.69, 9.17) is 4.52 Å². The van der Waals surface area contributed by atoms with Gasteiger partial charge in [-0.1, -0.05) is 11.2 Å². The lowest BCUT2D eigenvalue weighted by atomic mass is 10.1. The minimum atomic E-state index is -0.265. The second-order valence-corrected chi connectivity index (χ2v) is 3.06. The summed E-state index contributed by atoms with van der Waals surface area (Å²) in [5.74, 6) is 0.640. The normalized spacial score (nSPS) is 10.5. The first kappa shape index (κ1) is 8.87. The molecule has 0 amide bonds. The van der Waals surface area contributed by atoms with Crippen LogP contribution in [0.4, 0.5) is 4.39 Å². The first-order valence-corrected chi connectivity index (χ1v) is 4.24. The third-order valence-electron chi connectivity index (χ3n) is 2.03. The first-order chi connectivity index (χ1) is 6.68. The van der Waals surface area contributed by atoms with E-state index in [-0.39, 0.29) is 5.82 Å². The topological polar surface area (TPSA) is 38.9 Å². The van der Waals surface area contributed by atoms with Crippen LogP contribution in [0.2, 0.25) is 0 Å². The van der Waals surface area contributed by atoms with Crippen molar-refractivity contribution in [1.29, 1.82) is 0 Å². The summed E-state index contributed by atoms with van der Waals surface area (Å²) in [5, 5.41) is 3.66. The molecule has 0 atom stereocenters. The molecule has 0 saturated heterocycles. The number of halogens is 1. The van der Waals surface area contributed by atoms with E-state index in [2.05, 4.69) is 10.1 Å². The van der Waals surface area contributed by atoms with Gasteiger partial charge in [-0.05, 0) is 31.5 Å². The summed E-state index contributed by atoms with van der Waals surface area (Å²) in [6.45, 7) is 3.41. The molecule has 4 heteroatoms. The Kier molecular flexibility index (Phi) is 2.04. The fraction of sp³-hybridized carbons (Fsp3) is 0.200. The van der Waals surface area contributed by atoms with Crippen molar-refractivity contribution < 1.29 is 8.91 Å². The van der Waals surface area contributed by atoms with Gasteiger partial charge in [0.05, 0.1) is 0 Å². The minimum Gasteiger partial charge on any atom is -0.334 e. The monoisotopic (exact) mass is 192 g/mol. The molecule has 72 valence electrons. The van der Waals surface area contributed by atoms with E-state index >= 15 is 0 Å². The van der Waals surface area contributed by atoms with E-state index in [0.717, 1.165) is 0 Å². The molecule has 2 aromatic rings. The molecule has 0 unspecified atom stereocenters. The molecule has 1 aromatic heterocycles. The van der Waals surface area contributed by atoms with Crippen LogP contribution < -0.4 is 0 Å². The second kappa shape index (κ2) is 3.21. The molecule has 0 fully saturated rings. The molecule has 0 N–H and O–H groups in total. The van der Waals surface area contributed by atoms with Gasteiger partial charge in [0, 0.05) is 5.56 Å².